The molecular formula is C10H12ClNO2. The molecule has 1 aromatic rings. The fourth-order valence-electron chi connectivity index (χ4n) is 0.917. The highest BCUT2D eigenvalue weighted by molar-refractivity contribution is 6.30. The molecule has 0 spiro atoms. The van der Waals surface area contributed by atoms with E-state index in [9.17, 15) is 4.79 Å². The number of likely N-dealkylation sites (N-methyl/N-ethyl adjacent to an activating group) is 1. The van der Waals surface area contributed by atoms with Gasteiger partial charge in [-0.1, -0.05) is 17.7 Å². The first-order chi connectivity index (χ1) is 6.72. The number of benzene rings is 1. The number of amides is 1. The van der Waals surface area contributed by atoms with Gasteiger partial charge in [0.15, 0.2) is 0 Å². The molecular weight excluding hydrogens is 202 g/mol. The van der Waals surface area contributed by atoms with Crippen LogP contribution >= 0.6 is 11.6 Å². The minimum atomic E-state index is 0.468. The molecule has 0 unspecified atom stereocenters. The van der Waals surface area contributed by atoms with Gasteiger partial charge in [0.1, 0.15) is 12.4 Å². The van der Waals surface area contributed by atoms with Crippen LogP contribution in [-0.4, -0.2) is 31.5 Å². The van der Waals surface area contributed by atoms with Crippen LogP contribution in [0.4, 0.5) is 0 Å². The van der Waals surface area contributed by atoms with E-state index in [4.69, 9.17) is 16.3 Å². The van der Waals surface area contributed by atoms with Crippen LogP contribution < -0.4 is 4.74 Å². The number of rotatable bonds is 5. The van der Waals surface area contributed by atoms with Crippen LogP contribution in [-0.2, 0) is 4.79 Å². The van der Waals surface area contributed by atoms with Crippen LogP contribution in [0.2, 0.25) is 5.02 Å². The molecule has 0 fully saturated rings. The summed E-state index contributed by atoms with van der Waals surface area (Å²) in [6, 6.07) is 7.17. The Morgan fingerprint density at radius 2 is 2.36 bits per heavy atom. The van der Waals surface area contributed by atoms with Crippen LogP contribution in [0.3, 0.4) is 0 Å². The Bertz CT molecular complexity index is 304. The lowest BCUT2D eigenvalue weighted by molar-refractivity contribution is -0.117. The first kappa shape index (κ1) is 10.9. The molecule has 0 aliphatic rings. The van der Waals surface area contributed by atoms with Gasteiger partial charge in [0, 0.05) is 12.1 Å². The summed E-state index contributed by atoms with van der Waals surface area (Å²) in [4.78, 5) is 11.8. The Labute approximate surface area is 88.2 Å². The maximum absolute atomic E-state index is 10.3. The molecule has 1 rings (SSSR count). The molecule has 4 heteroatoms. The van der Waals surface area contributed by atoms with Crippen LogP contribution in [0, 0.1) is 0 Å². The largest absolute Gasteiger partial charge is 0.492 e. The molecule has 1 aromatic carbocycles. The molecule has 0 atom stereocenters. The second-order valence-electron chi connectivity index (χ2n) is 2.89. The zero-order chi connectivity index (χ0) is 10.4. The molecule has 14 heavy (non-hydrogen) atoms. The monoisotopic (exact) mass is 213 g/mol. The fraction of sp³-hybridized carbons (Fsp3) is 0.300. The maximum atomic E-state index is 10.3. The van der Waals surface area contributed by atoms with Crippen molar-refractivity contribution in [2.24, 2.45) is 0 Å². The smallest absolute Gasteiger partial charge is 0.209 e. The Hall–Kier alpha value is -1.22. The van der Waals surface area contributed by atoms with Gasteiger partial charge in [-0.25, -0.2) is 0 Å². The standard InChI is InChI=1S/C10H12ClNO2/c1-12(8-13)5-6-14-10-4-2-3-9(11)7-10/h2-4,7-8H,5-6H2,1H3. The van der Waals surface area contributed by atoms with Gasteiger partial charge in [-0.15, -0.1) is 0 Å². The summed E-state index contributed by atoms with van der Waals surface area (Å²) in [5.41, 5.74) is 0. The third-order valence-electron chi connectivity index (χ3n) is 1.69. The van der Waals surface area contributed by atoms with Gasteiger partial charge < -0.3 is 9.64 Å². The normalized spacial score (nSPS) is 9.57. The fourth-order valence-corrected chi connectivity index (χ4v) is 1.10. The van der Waals surface area contributed by atoms with E-state index in [0.717, 1.165) is 12.2 Å². The average Bonchev–Trinajstić information content (AvgIpc) is 2.17. The van der Waals surface area contributed by atoms with Crippen molar-refractivity contribution in [3.63, 3.8) is 0 Å². The van der Waals surface area contributed by atoms with E-state index in [0.29, 0.717) is 18.2 Å². The van der Waals surface area contributed by atoms with Crippen LogP contribution in [0.15, 0.2) is 24.3 Å². The molecule has 3 nitrogen and oxygen atoms in total. The molecule has 0 aromatic heterocycles. The second kappa shape index (κ2) is 5.50. The summed E-state index contributed by atoms with van der Waals surface area (Å²) in [6.07, 6.45) is 0.765. The van der Waals surface area contributed by atoms with E-state index in [1.807, 2.05) is 12.1 Å². The lowest BCUT2D eigenvalue weighted by Gasteiger charge is -2.11. The topological polar surface area (TPSA) is 29.5 Å². The van der Waals surface area contributed by atoms with Crippen molar-refractivity contribution in [2.75, 3.05) is 20.2 Å². The quantitative estimate of drug-likeness (QED) is 0.699. The van der Waals surface area contributed by atoms with Crippen molar-refractivity contribution >= 4 is 18.0 Å². The van der Waals surface area contributed by atoms with Crippen molar-refractivity contribution in [3.05, 3.63) is 29.3 Å². The molecule has 1 amide bonds. The third kappa shape index (κ3) is 3.66. The van der Waals surface area contributed by atoms with E-state index in [-0.39, 0.29) is 0 Å². The Balaban J connectivity index is 2.34. The van der Waals surface area contributed by atoms with E-state index in [1.54, 1.807) is 19.2 Å². The minimum absolute atomic E-state index is 0.468. The molecule has 0 radical (unpaired) electrons. The van der Waals surface area contributed by atoms with Crippen molar-refractivity contribution < 1.29 is 9.53 Å². The number of ether oxygens (including phenoxy) is 1. The van der Waals surface area contributed by atoms with Gasteiger partial charge in [-0.2, -0.15) is 0 Å². The van der Waals surface area contributed by atoms with E-state index in [1.165, 1.54) is 4.90 Å². The summed E-state index contributed by atoms with van der Waals surface area (Å²) in [7, 11) is 1.70. The Morgan fingerprint density at radius 1 is 1.57 bits per heavy atom. The van der Waals surface area contributed by atoms with Gasteiger partial charge in [0.05, 0.1) is 6.54 Å². The van der Waals surface area contributed by atoms with Gasteiger partial charge in [-0.05, 0) is 18.2 Å². The number of halogens is 1. The molecule has 0 bridgehead atoms. The molecule has 0 N–H and O–H groups in total. The van der Waals surface area contributed by atoms with Crippen LogP contribution in [0.5, 0.6) is 5.75 Å². The second-order valence-corrected chi connectivity index (χ2v) is 3.33. The Morgan fingerprint density at radius 3 is 3.00 bits per heavy atom. The van der Waals surface area contributed by atoms with Gasteiger partial charge in [0.2, 0.25) is 6.41 Å². The van der Waals surface area contributed by atoms with Crippen molar-refractivity contribution in [2.45, 2.75) is 0 Å². The van der Waals surface area contributed by atoms with E-state index in [2.05, 4.69) is 0 Å². The first-order valence-electron chi connectivity index (χ1n) is 4.26. The summed E-state index contributed by atoms with van der Waals surface area (Å²) in [6.45, 7) is 1.03. The first-order valence-corrected chi connectivity index (χ1v) is 4.64. The molecule has 0 heterocycles. The van der Waals surface area contributed by atoms with Gasteiger partial charge in [-0.3, -0.25) is 4.79 Å². The highest BCUT2D eigenvalue weighted by Gasteiger charge is 1.96. The summed E-state index contributed by atoms with van der Waals surface area (Å²) < 4.78 is 5.37. The van der Waals surface area contributed by atoms with Crippen molar-refractivity contribution in [1.29, 1.82) is 0 Å². The summed E-state index contributed by atoms with van der Waals surface area (Å²) in [5, 5.41) is 0.645. The zero-order valence-electron chi connectivity index (χ0n) is 7.94. The van der Waals surface area contributed by atoms with Gasteiger partial charge >= 0.3 is 0 Å². The number of carbonyl (C=O) groups is 1. The molecule has 0 saturated carbocycles. The van der Waals surface area contributed by atoms with E-state index >= 15 is 0 Å². The van der Waals surface area contributed by atoms with Crippen molar-refractivity contribution in [1.82, 2.24) is 4.90 Å². The third-order valence-corrected chi connectivity index (χ3v) is 1.92. The minimum Gasteiger partial charge on any atom is -0.492 e. The lowest BCUT2D eigenvalue weighted by atomic mass is 10.3. The highest BCUT2D eigenvalue weighted by atomic mass is 35.5. The lowest BCUT2D eigenvalue weighted by Crippen LogP contribution is -2.22. The Kier molecular flexibility index (Phi) is 4.26. The molecule has 0 aliphatic carbocycles. The van der Waals surface area contributed by atoms with Crippen LogP contribution in [0.1, 0.15) is 0 Å². The number of carbonyl (C=O) groups excluding carboxylic acids is 1. The zero-order valence-corrected chi connectivity index (χ0v) is 8.70. The highest BCUT2D eigenvalue weighted by Crippen LogP contribution is 2.16. The summed E-state index contributed by atoms with van der Waals surface area (Å²) >= 11 is 5.77. The van der Waals surface area contributed by atoms with Crippen LogP contribution in [0.25, 0.3) is 0 Å². The predicted octanol–water partition coefficient (Wildman–Crippen LogP) is 1.81. The molecule has 76 valence electrons. The molecule has 0 aliphatic heterocycles. The molecule has 0 saturated heterocycles. The van der Waals surface area contributed by atoms with E-state index < -0.39 is 0 Å². The number of hydrogen-bond donors (Lipinski definition) is 0. The maximum Gasteiger partial charge on any atom is 0.209 e. The number of nitrogens with zero attached hydrogens (tertiary/aromatic N) is 1. The van der Waals surface area contributed by atoms with Gasteiger partial charge in [0.25, 0.3) is 0 Å². The predicted molar refractivity (Wildman–Crippen MR) is 55.6 cm³/mol. The average molecular weight is 214 g/mol. The number of hydrogen-bond acceptors (Lipinski definition) is 2. The summed E-state index contributed by atoms with van der Waals surface area (Å²) in [5.74, 6) is 0.719. The SMILES string of the molecule is CN(C=O)CCOc1cccc(Cl)c1. The van der Waals surface area contributed by atoms with Crippen molar-refractivity contribution in [3.8, 4) is 5.75 Å².